The summed E-state index contributed by atoms with van der Waals surface area (Å²) in [6.45, 7) is 0. The summed E-state index contributed by atoms with van der Waals surface area (Å²) in [6, 6.07) is 6.41. The molecule has 0 atom stereocenters. The van der Waals surface area contributed by atoms with Crippen molar-refractivity contribution in [3.63, 3.8) is 0 Å². The van der Waals surface area contributed by atoms with E-state index in [2.05, 4.69) is 37.5 Å². The maximum atomic E-state index is 11.9. The molecule has 0 aliphatic carbocycles. The third kappa shape index (κ3) is 2.90. The molecule has 8 heteroatoms. The van der Waals surface area contributed by atoms with E-state index in [0.29, 0.717) is 10.7 Å². The minimum atomic E-state index is -3.66. The van der Waals surface area contributed by atoms with Crippen molar-refractivity contribution < 1.29 is 8.42 Å². The van der Waals surface area contributed by atoms with Gasteiger partial charge in [0.05, 0.1) is 16.9 Å². The first kappa shape index (κ1) is 12.7. The van der Waals surface area contributed by atoms with E-state index >= 15 is 0 Å². The molecular weight excluding hydrogens is 377 g/mol. The lowest BCUT2D eigenvalue weighted by Gasteiger charge is -2.08. The fourth-order valence-electron chi connectivity index (χ4n) is 1.16. The van der Waals surface area contributed by atoms with Gasteiger partial charge < -0.3 is 0 Å². The molecule has 0 unspecified atom stereocenters. The first-order valence-electron chi connectivity index (χ1n) is 4.46. The zero-order chi connectivity index (χ0) is 12.5. The van der Waals surface area contributed by atoms with Gasteiger partial charge in [-0.05, 0) is 46.9 Å². The summed E-state index contributed by atoms with van der Waals surface area (Å²) in [5.74, 6) is 0. The Bertz CT molecular complexity index is 628. The molecule has 0 aliphatic rings. The van der Waals surface area contributed by atoms with Crippen LogP contribution in [-0.4, -0.2) is 18.6 Å². The van der Waals surface area contributed by atoms with Crippen molar-refractivity contribution in [3.05, 3.63) is 39.1 Å². The smallest absolute Gasteiger partial charge is 0.277 e. The molecule has 1 aromatic carbocycles. The summed E-state index contributed by atoms with van der Waals surface area (Å²) < 4.78 is 27.0. The van der Waals surface area contributed by atoms with Crippen LogP contribution in [0.2, 0.25) is 5.02 Å². The number of anilines is 1. The summed E-state index contributed by atoms with van der Waals surface area (Å²) >= 11 is 8.03. The second kappa shape index (κ2) is 4.83. The van der Waals surface area contributed by atoms with Crippen molar-refractivity contribution in [2.45, 2.75) is 5.03 Å². The normalized spacial score (nSPS) is 11.4. The van der Waals surface area contributed by atoms with Gasteiger partial charge in [-0.15, -0.1) is 0 Å². The highest BCUT2D eigenvalue weighted by molar-refractivity contribution is 14.1. The van der Waals surface area contributed by atoms with Crippen LogP contribution in [0.5, 0.6) is 0 Å². The van der Waals surface area contributed by atoms with Crippen molar-refractivity contribution in [2.75, 3.05) is 4.72 Å². The third-order valence-corrected chi connectivity index (χ3v) is 4.22. The van der Waals surface area contributed by atoms with Crippen LogP contribution in [0.4, 0.5) is 5.69 Å². The van der Waals surface area contributed by atoms with Gasteiger partial charge in [-0.25, -0.2) is 0 Å². The number of nitrogens with one attached hydrogen (secondary N) is 2. The van der Waals surface area contributed by atoms with Crippen molar-refractivity contribution in [2.24, 2.45) is 0 Å². The van der Waals surface area contributed by atoms with Gasteiger partial charge in [0.1, 0.15) is 0 Å². The lowest BCUT2D eigenvalue weighted by Crippen LogP contribution is -2.13. The van der Waals surface area contributed by atoms with Gasteiger partial charge in [0.2, 0.25) is 0 Å². The van der Waals surface area contributed by atoms with Gasteiger partial charge in [0.15, 0.2) is 5.03 Å². The molecule has 2 rings (SSSR count). The first-order chi connectivity index (χ1) is 7.99. The number of aromatic nitrogens is 2. The van der Waals surface area contributed by atoms with Crippen LogP contribution in [0.1, 0.15) is 0 Å². The maximum Gasteiger partial charge on any atom is 0.278 e. The van der Waals surface area contributed by atoms with Crippen LogP contribution in [0, 0.1) is 3.57 Å². The molecule has 0 bridgehead atoms. The molecule has 2 aromatic rings. The van der Waals surface area contributed by atoms with E-state index in [-0.39, 0.29) is 5.03 Å². The van der Waals surface area contributed by atoms with Gasteiger partial charge in [-0.1, -0.05) is 11.6 Å². The highest BCUT2D eigenvalue weighted by Gasteiger charge is 2.16. The van der Waals surface area contributed by atoms with E-state index in [1.165, 1.54) is 12.3 Å². The average molecular weight is 384 g/mol. The first-order valence-corrected chi connectivity index (χ1v) is 7.40. The number of sulfonamides is 1. The van der Waals surface area contributed by atoms with Crippen molar-refractivity contribution in [1.29, 1.82) is 0 Å². The lowest BCUT2D eigenvalue weighted by atomic mass is 10.3. The minimum Gasteiger partial charge on any atom is -0.277 e. The standard InChI is InChI=1S/C9H7ClIN3O2S/c10-7-5-6(11)1-2-8(7)14-17(15,16)9-3-4-12-13-9/h1-5,14H,(H,12,13). The van der Waals surface area contributed by atoms with E-state index in [1.54, 1.807) is 18.2 Å². The zero-order valence-corrected chi connectivity index (χ0v) is 12.0. The largest absolute Gasteiger partial charge is 0.278 e. The molecule has 0 aliphatic heterocycles. The lowest BCUT2D eigenvalue weighted by molar-refractivity contribution is 0.597. The summed E-state index contributed by atoms with van der Waals surface area (Å²) in [4.78, 5) is 0. The molecule has 1 heterocycles. The van der Waals surface area contributed by atoms with E-state index in [1.807, 2.05) is 0 Å². The van der Waals surface area contributed by atoms with Gasteiger partial charge in [-0.2, -0.15) is 13.5 Å². The summed E-state index contributed by atoms with van der Waals surface area (Å²) in [6.07, 6.45) is 1.37. The number of aromatic amines is 1. The van der Waals surface area contributed by atoms with Gasteiger partial charge in [-0.3, -0.25) is 9.82 Å². The Hall–Kier alpha value is -0.800. The molecule has 2 N–H and O–H groups in total. The Labute approximate surface area is 117 Å². The average Bonchev–Trinajstić information content (AvgIpc) is 2.76. The molecule has 90 valence electrons. The second-order valence-electron chi connectivity index (χ2n) is 3.15. The predicted octanol–water partition coefficient (Wildman–Crippen LogP) is 2.47. The maximum absolute atomic E-state index is 11.9. The van der Waals surface area contributed by atoms with Gasteiger partial charge in [0.25, 0.3) is 10.0 Å². The van der Waals surface area contributed by atoms with Crippen molar-refractivity contribution in [1.82, 2.24) is 10.2 Å². The van der Waals surface area contributed by atoms with Crippen molar-refractivity contribution in [3.8, 4) is 0 Å². The Morgan fingerprint density at radius 2 is 2.12 bits per heavy atom. The van der Waals surface area contributed by atoms with Crippen LogP contribution in [0.25, 0.3) is 0 Å². The fraction of sp³-hybridized carbons (Fsp3) is 0. The predicted molar refractivity (Wildman–Crippen MR) is 73.6 cm³/mol. The number of halogens is 2. The zero-order valence-electron chi connectivity index (χ0n) is 8.31. The molecule has 0 fully saturated rings. The summed E-state index contributed by atoms with van der Waals surface area (Å²) in [5.41, 5.74) is 0.335. The van der Waals surface area contributed by atoms with Crippen molar-refractivity contribution >= 4 is 49.9 Å². The summed E-state index contributed by atoms with van der Waals surface area (Å²) in [7, 11) is -3.66. The van der Waals surface area contributed by atoms with Crippen LogP contribution in [0.3, 0.4) is 0 Å². The van der Waals surface area contributed by atoms with E-state index in [0.717, 1.165) is 3.57 Å². The summed E-state index contributed by atoms with van der Waals surface area (Å²) in [5, 5.41) is 6.31. The minimum absolute atomic E-state index is 0.00730. The Balaban J connectivity index is 2.33. The quantitative estimate of drug-likeness (QED) is 0.800. The van der Waals surface area contributed by atoms with E-state index < -0.39 is 10.0 Å². The van der Waals surface area contributed by atoms with Crippen LogP contribution in [-0.2, 0) is 10.0 Å². The second-order valence-corrected chi connectivity index (χ2v) is 6.45. The van der Waals surface area contributed by atoms with Gasteiger partial charge >= 0.3 is 0 Å². The monoisotopic (exact) mass is 383 g/mol. The molecule has 0 saturated carbocycles. The molecular formula is C9H7ClIN3O2S. The Morgan fingerprint density at radius 3 is 2.71 bits per heavy atom. The SMILES string of the molecule is O=S(=O)(Nc1ccc(I)cc1Cl)c1ccn[nH]1. The number of hydrogen-bond donors (Lipinski definition) is 2. The Morgan fingerprint density at radius 1 is 1.35 bits per heavy atom. The highest BCUT2D eigenvalue weighted by atomic mass is 127. The Kier molecular flexibility index (Phi) is 3.59. The van der Waals surface area contributed by atoms with Gasteiger partial charge in [0, 0.05) is 3.57 Å². The van der Waals surface area contributed by atoms with Crippen LogP contribution >= 0.6 is 34.2 Å². The molecule has 0 amide bonds. The number of hydrogen-bond acceptors (Lipinski definition) is 3. The third-order valence-electron chi connectivity index (χ3n) is 1.94. The number of H-pyrrole nitrogens is 1. The molecule has 17 heavy (non-hydrogen) atoms. The number of rotatable bonds is 3. The molecule has 0 saturated heterocycles. The molecule has 0 spiro atoms. The van der Waals surface area contributed by atoms with E-state index in [9.17, 15) is 8.42 Å². The van der Waals surface area contributed by atoms with Crippen LogP contribution in [0.15, 0.2) is 35.5 Å². The van der Waals surface area contributed by atoms with E-state index in [4.69, 9.17) is 11.6 Å². The highest BCUT2D eigenvalue weighted by Crippen LogP contribution is 2.25. The number of nitrogens with zero attached hydrogens (tertiary/aromatic N) is 1. The van der Waals surface area contributed by atoms with Crippen LogP contribution < -0.4 is 4.72 Å². The molecule has 1 aromatic heterocycles. The molecule has 0 radical (unpaired) electrons. The topological polar surface area (TPSA) is 74.8 Å². The number of benzene rings is 1. The molecule has 5 nitrogen and oxygen atoms in total. The fourth-order valence-corrected chi connectivity index (χ4v) is 3.11.